The summed E-state index contributed by atoms with van der Waals surface area (Å²) in [6.45, 7) is 10.8. The average Bonchev–Trinajstić information content (AvgIpc) is 3.51. The number of nitrogens with one attached hydrogen (secondary N) is 1. The van der Waals surface area contributed by atoms with Gasteiger partial charge in [0.1, 0.15) is 11.9 Å². The number of ether oxygens (including phenoxy) is 1. The first-order chi connectivity index (χ1) is 21.1. The van der Waals surface area contributed by atoms with Crippen molar-refractivity contribution in [1.82, 2.24) is 14.6 Å². The van der Waals surface area contributed by atoms with Gasteiger partial charge < -0.3 is 15.2 Å². The van der Waals surface area contributed by atoms with Gasteiger partial charge in [0.15, 0.2) is 10.8 Å². The topological polar surface area (TPSA) is 138 Å². The molecule has 244 valence electrons. The number of rotatable bonds is 10. The Morgan fingerprint density at radius 3 is 2.51 bits per heavy atom. The number of aliphatic imine (C=N–C) groups is 1. The molecule has 1 saturated carbocycles. The Hall–Kier alpha value is -2.94. The highest BCUT2D eigenvalue weighted by Gasteiger charge is 2.54. The van der Waals surface area contributed by atoms with E-state index in [9.17, 15) is 27.5 Å². The van der Waals surface area contributed by atoms with Crippen LogP contribution in [0.25, 0.3) is 0 Å². The van der Waals surface area contributed by atoms with Crippen LogP contribution < -0.4 is 5.32 Å². The van der Waals surface area contributed by atoms with E-state index in [-0.39, 0.29) is 43.4 Å². The number of sulfonamides is 1. The number of carboxylic acid groups (broad SMARTS) is 1. The molecule has 0 amide bonds. The quantitative estimate of drug-likeness (QED) is 0.262. The zero-order valence-electron chi connectivity index (χ0n) is 26.3. The van der Waals surface area contributed by atoms with Gasteiger partial charge in [0, 0.05) is 44.4 Å². The summed E-state index contributed by atoms with van der Waals surface area (Å²) in [7, 11) is -5.02. The lowest BCUT2D eigenvalue weighted by atomic mass is 9.70. The van der Waals surface area contributed by atoms with E-state index in [0.717, 1.165) is 6.04 Å². The molecule has 3 aliphatic rings. The van der Waals surface area contributed by atoms with E-state index in [4.69, 9.17) is 9.73 Å². The minimum atomic E-state index is -3.66. The number of esters is 1. The van der Waals surface area contributed by atoms with Crippen LogP contribution in [0.5, 0.6) is 0 Å². The maximum atomic E-state index is 14.6. The summed E-state index contributed by atoms with van der Waals surface area (Å²) in [5.41, 5.74) is 0.433. The molecule has 45 heavy (non-hydrogen) atoms. The largest absolute Gasteiger partial charge is 0.478 e. The number of aromatic nitrogens is 1. The monoisotopic (exact) mass is 676 g/mol. The number of halogens is 1. The maximum Gasteiger partial charge on any atom is 0.335 e. The van der Waals surface area contributed by atoms with Crippen molar-refractivity contribution in [2.45, 2.75) is 76.5 Å². The van der Waals surface area contributed by atoms with Gasteiger partial charge in [-0.1, -0.05) is 31.8 Å². The lowest BCUT2D eigenvalue weighted by molar-refractivity contribution is -0.159. The molecule has 10 nitrogen and oxygen atoms in total. The lowest BCUT2D eigenvalue weighted by Crippen LogP contribution is -2.54. The molecular formula is C31H41FN4O6S2Si. The summed E-state index contributed by atoms with van der Waals surface area (Å²) in [5.74, 6) is -1.85. The molecule has 1 aromatic carbocycles. The maximum absolute atomic E-state index is 14.6. The first kappa shape index (κ1) is 33.4. The third-order valence-electron chi connectivity index (χ3n) is 9.12. The molecule has 1 atom stereocenters. The second-order valence-electron chi connectivity index (χ2n) is 13.7. The van der Waals surface area contributed by atoms with Crippen molar-refractivity contribution in [3.63, 3.8) is 0 Å². The van der Waals surface area contributed by atoms with Gasteiger partial charge in [-0.15, -0.1) is 11.3 Å². The minimum absolute atomic E-state index is 0.0210. The van der Waals surface area contributed by atoms with Crippen LogP contribution in [0.4, 0.5) is 4.39 Å². The van der Waals surface area contributed by atoms with Gasteiger partial charge in [-0.05, 0) is 62.8 Å². The zero-order chi connectivity index (χ0) is 32.7. The summed E-state index contributed by atoms with van der Waals surface area (Å²) in [5, 5.41) is 15.3. The second-order valence-corrected chi connectivity index (χ2v) is 22.4. The van der Waals surface area contributed by atoms with Crippen molar-refractivity contribution in [2.24, 2.45) is 16.3 Å². The van der Waals surface area contributed by atoms with Crippen molar-refractivity contribution >= 4 is 47.2 Å². The molecule has 0 spiro atoms. The Morgan fingerprint density at radius 2 is 1.91 bits per heavy atom. The number of carbonyl (C=O) groups is 2. The Bertz CT molecular complexity index is 1620. The number of carboxylic acids is 1. The van der Waals surface area contributed by atoms with Crippen molar-refractivity contribution in [3.05, 3.63) is 63.0 Å². The number of nitrogens with zero attached hydrogens (tertiary/aromatic N) is 3. The zero-order valence-corrected chi connectivity index (χ0v) is 28.9. The summed E-state index contributed by atoms with van der Waals surface area (Å²) >= 11 is 1.35. The van der Waals surface area contributed by atoms with Gasteiger partial charge in [0.05, 0.1) is 22.8 Å². The van der Waals surface area contributed by atoms with E-state index in [1.54, 1.807) is 37.6 Å². The Labute approximate surface area is 268 Å². The fourth-order valence-electron chi connectivity index (χ4n) is 6.27. The molecule has 14 heteroatoms. The summed E-state index contributed by atoms with van der Waals surface area (Å²) in [4.78, 5) is 34.6. The molecule has 1 unspecified atom stereocenters. The summed E-state index contributed by atoms with van der Waals surface area (Å²) < 4.78 is 48.8. The molecule has 0 radical (unpaired) electrons. The highest BCUT2D eigenvalue weighted by Crippen LogP contribution is 2.47. The Kier molecular flexibility index (Phi) is 9.42. The number of amidine groups is 1. The SMILES string of the molecule is Cc1c(F)cccc1C1N=C(c2nccs2)NC(C2CCN(S(=O)(=O)C3CC(C)(C(=O)OCC[Si](C)(C)C)C3)CC2)=C1C(=O)O. The van der Waals surface area contributed by atoms with Gasteiger partial charge in [0.25, 0.3) is 0 Å². The van der Waals surface area contributed by atoms with Crippen molar-refractivity contribution < 1.29 is 32.2 Å². The van der Waals surface area contributed by atoms with E-state index in [0.29, 0.717) is 47.1 Å². The van der Waals surface area contributed by atoms with Crippen LogP contribution in [0.1, 0.15) is 54.8 Å². The van der Waals surface area contributed by atoms with Crippen molar-refractivity contribution in [1.29, 1.82) is 0 Å². The molecule has 1 saturated heterocycles. The number of aliphatic carboxylic acids is 1. The summed E-state index contributed by atoms with van der Waals surface area (Å²) in [6.07, 6.45) is 2.85. The number of hydrogen-bond acceptors (Lipinski definition) is 9. The highest BCUT2D eigenvalue weighted by molar-refractivity contribution is 7.89. The number of benzene rings is 1. The van der Waals surface area contributed by atoms with Gasteiger partial charge >= 0.3 is 11.9 Å². The third kappa shape index (κ3) is 6.93. The fourth-order valence-corrected chi connectivity index (χ4v) is 9.87. The van der Waals surface area contributed by atoms with Crippen LogP contribution in [0.3, 0.4) is 0 Å². The predicted molar refractivity (Wildman–Crippen MR) is 174 cm³/mol. The number of allylic oxidation sites excluding steroid dienone is 1. The standard InChI is InChI=1S/C31H41FN4O6S2Si/c1-19-22(7-6-8-23(19)32)26-24(29(37)38)25(34-27(35-26)28-33-11-15-43-28)20-9-12-36(13-10-20)44(40,41)21-17-31(2,18-21)30(39)42-14-16-45(3,4)5/h6-8,11,15,20-21,26H,9-10,12-14,16-18H2,1-5H3,(H,34,35)(H,37,38). The first-order valence-electron chi connectivity index (χ1n) is 15.2. The lowest BCUT2D eigenvalue weighted by Gasteiger charge is -2.45. The van der Waals surface area contributed by atoms with E-state index in [2.05, 4.69) is 29.9 Å². The summed E-state index contributed by atoms with van der Waals surface area (Å²) in [6, 6.07) is 4.45. The fraction of sp³-hybridized carbons (Fsp3) is 0.548. The van der Waals surface area contributed by atoms with Crippen LogP contribution in [-0.4, -0.2) is 73.6 Å². The van der Waals surface area contributed by atoms with E-state index in [1.165, 1.54) is 21.7 Å². The molecule has 2 fully saturated rings. The molecule has 2 aromatic rings. The van der Waals surface area contributed by atoms with E-state index >= 15 is 0 Å². The number of carbonyl (C=O) groups excluding carboxylic acids is 1. The number of piperidine rings is 1. The molecule has 0 bridgehead atoms. The molecule has 1 aliphatic carbocycles. The highest BCUT2D eigenvalue weighted by atomic mass is 32.2. The molecule has 1 aromatic heterocycles. The van der Waals surface area contributed by atoms with Crippen LogP contribution in [-0.2, 0) is 24.3 Å². The van der Waals surface area contributed by atoms with Gasteiger partial charge in [-0.2, -0.15) is 0 Å². The molecule has 2 N–H and O–H groups in total. The Balaban J connectivity index is 1.31. The van der Waals surface area contributed by atoms with Crippen molar-refractivity contribution in [2.75, 3.05) is 19.7 Å². The smallest absolute Gasteiger partial charge is 0.335 e. The molecular weight excluding hydrogens is 636 g/mol. The number of thiazole rings is 1. The second kappa shape index (κ2) is 12.7. The van der Waals surface area contributed by atoms with Gasteiger partial charge in [-0.3, -0.25) is 9.79 Å². The average molecular weight is 677 g/mol. The first-order valence-corrected chi connectivity index (χ1v) is 21.3. The normalized spacial score (nSPS) is 24.9. The van der Waals surface area contributed by atoms with Crippen molar-refractivity contribution in [3.8, 4) is 0 Å². The predicted octanol–water partition coefficient (Wildman–Crippen LogP) is 5.11. The van der Waals surface area contributed by atoms with Crippen LogP contribution >= 0.6 is 11.3 Å². The van der Waals surface area contributed by atoms with Gasteiger partial charge in [-0.25, -0.2) is 26.9 Å². The minimum Gasteiger partial charge on any atom is -0.478 e. The molecule has 5 rings (SSSR count). The number of hydrogen-bond donors (Lipinski definition) is 2. The Morgan fingerprint density at radius 1 is 1.22 bits per heavy atom. The van der Waals surface area contributed by atoms with E-state index < -0.39 is 46.6 Å². The van der Waals surface area contributed by atoms with Crippen LogP contribution in [0.15, 0.2) is 46.0 Å². The van der Waals surface area contributed by atoms with Crippen LogP contribution in [0, 0.1) is 24.1 Å². The molecule has 3 heterocycles. The van der Waals surface area contributed by atoms with Gasteiger partial charge in [0.2, 0.25) is 10.0 Å². The molecule has 2 aliphatic heterocycles. The third-order valence-corrected chi connectivity index (χ3v) is 13.9. The van der Waals surface area contributed by atoms with E-state index in [1.807, 2.05) is 0 Å². The van der Waals surface area contributed by atoms with Crippen LogP contribution in [0.2, 0.25) is 25.7 Å².